The number of hydrogen-bond acceptors (Lipinski definition) is 5. The Bertz CT molecular complexity index is 738. The minimum Gasteiger partial charge on any atom is -0.458 e. The lowest BCUT2D eigenvalue weighted by molar-refractivity contribution is -0.146. The van der Waals surface area contributed by atoms with Crippen LogP contribution in [0.2, 0.25) is 0 Å². The molecular weight excluding hydrogens is 332 g/mol. The van der Waals surface area contributed by atoms with Crippen molar-refractivity contribution in [2.45, 2.75) is 26.1 Å². The van der Waals surface area contributed by atoms with Crippen molar-refractivity contribution in [3.63, 3.8) is 0 Å². The summed E-state index contributed by atoms with van der Waals surface area (Å²) in [6.07, 6.45) is 9.64. The highest BCUT2D eigenvalue weighted by atomic mass is 16.5. The average Bonchev–Trinajstić information content (AvgIpc) is 3.32. The van der Waals surface area contributed by atoms with Gasteiger partial charge in [0, 0.05) is 18.0 Å². The van der Waals surface area contributed by atoms with Crippen molar-refractivity contribution in [1.82, 2.24) is 20.3 Å². The number of hydrogen-bond donors (Lipinski definition) is 1. The van der Waals surface area contributed by atoms with Gasteiger partial charge in [-0.05, 0) is 44.7 Å². The van der Waals surface area contributed by atoms with Gasteiger partial charge in [-0.3, -0.25) is 9.48 Å². The zero-order chi connectivity index (χ0) is 18.4. The minimum absolute atomic E-state index is 0.00535. The largest absolute Gasteiger partial charge is 0.458 e. The Morgan fingerprint density at radius 1 is 1.19 bits per heavy atom. The molecule has 0 saturated heterocycles. The fraction of sp³-hybridized carbons (Fsp3) is 0.211. The quantitative estimate of drug-likeness (QED) is 0.765. The molecule has 5 radical (unpaired) electrons. The number of esters is 1. The van der Waals surface area contributed by atoms with Crippen LogP contribution in [0.15, 0.2) is 36.5 Å². The highest BCUT2D eigenvalue weighted by molar-refractivity contribution is 5.96. The molecule has 0 bridgehead atoms. The Morgan fingerprint density at radius 3 is 2.65 bits per heavy atom. The van der Waals surface area contributed by atoms with Crippen molar-refractivity contribution in [3.05, 3.63) is 79.4 Å². The fourth-order valence-electron chi connectivity index (χ4n) is 2.39. The molecule has 1 amide bonds. The maximum atomic E-state index is 12.1. The second-order valence-corrected chi connectivity index (χ2v) is 5.87. The third kappa shape index (κ3) is 4.91. The first-order valence-corrected chi connectivity index (χ1v) is 8.24. The van der Waals surface area contributed by atoms with Crippen LogP contribution < -0.4 is 5.32 Å². The molecule has 7 heteroatoms. The molecule has 1 atom stereocenters. The molecule has 0 spiro atoms. The van der Waals surface area contributed by atoms with Crippen LogP contribution in [0.3, 0.4) is 0 Å². The Kier molecular flexibility index (Phi) is 5.99. The van der Waals surface area contributed by atoms with E-state index in [1.54, 1.807) is 42.1 Å². The first-order chi connectivity index (χ1) is 12.6. The highest BCUT2D eigenvalue weighted by Gasteiger charge is 2.20. The zero-order valence-electron chi connectivity index (χ0n) is 14.3. The van der Waals surface area contributed by atoms with Crippen molar-refractivity contribution in [1.29, 1.82) is 0 Å². The van der Waals surface area contributed by atoms with Gasteiger partial charge in [-0.25, -0.2) is 4.79 Å². The number of rotatable bonds is 7. The average molecular weight is 351 g/mol. The van der Waals surface area contributed by atoms with Crippen molar-refractivity contribution in [2.24, 2.45) is 0 Å². The number of carbonyl (C=O) groups is 2. The van der Waals surface area contributed by atoms with E-state index in [4.69, 9.17) is 4.74 Å². The van der Waals surface area contributed by atoms with Crippen LogP contribution in [0.5, 0.6) is 0 Å². The Labute approximate surface area is 152 Å². The van der Waals surface area contributed by atoms with Crippen LogP contribution in [0.25, 0.3) is 0 Å². The smallest absolute Gasteiger partial charge is 0.328 e. The third-order valence-corrected chi connectivity index (χ3v) is 3.76. The van der Waals surface area contributed by atoms with Gasteiger partial charge < -0.3 is 10.1 Å². The van der Waals surface area contributed by atoms with E-state index < -0.39 is 12.0 Å². The lowest BCUT2D eigenvalue weighted by atomic mass is 10.1. The van der Waals surface area contributed by atoms with Crippen LogP contribution >= 0.6 is 0 Å². The van der Waals surface area contributed by atoms with Crippen molar-refractivity contribution in [2.75, 3.05) is 0 Å². The van der Waals surface area contributed by atoms with E-state index in [2.05, 4.69) is 15.6 Å². The molecule has 0 unspecified atom stereocenters. The molecule has 133 valence electrons. The second-order valence-electron chi connectivity index (χ2n) is 5.87. The molecule has 1 aliphatic carbocycles. The molecule has 3 rings (SSSR count). The van der Waals surface area contributed by atoms with Gasteiger partial charge in [0.25, 0.3) is 5.91 Å². The fourth-order valence-corrected chi connectivity index (χ4v) is 2.39. The number of ether oxygens (including phenoxy) is 1. The normalized spacial score (nSPS) is 15.6. The molecule has 1 N–H and O–H groups in total. The van der Waals surface area contributed by atoms with Gasteiger partial charge in [0.1, 0.15) is 18.3 Å². The lowest BCUT2D eigenvalue weighted by Gasteiger charge is -2.12. The summed E-state index contributed by atoms with van der Waals surface area (Å²) < 4.78 is 6.89. The molecular formula is C19H19N4O3. The molecule has 7 nitrogen and oxygen atoms in total. The van der Waals surface area contributed by atoms with Gasteiger partial charge in [0.15, 0.2) is 0 Å². The number of nitrogens with zero attached hydrogens (tertiary/aromatic N) is 3. The van der Waals surface area contributed by atoms with E-state index in [0.29, 0.717) is 17.8 Å². The molecule has 0 aliphatic heterocycles. The summed E-state index contributed by atoms with van der Waals surface area (Å²) in [4.78, 5) is 24.1. The number of benzene rings is 1. The first kappa shape index (κ1) is 18.1. The van der Waals surface area contributed by atoms with Gasteiger partial charge in [0.05, 0.1) is 6.20 Å². The number of amides is 1. The summed E-state index contributed by atoms with van der Waals surface area (Å²) in [7, 11) is 0. The Balaban J connectivity index is 1.44. The van der Waals surface area contributed by atoms with Gasteiger partial charge in [0.2, 0.25) is 0 Å². The first-order valence-electron chi connectivity index (χ1n) is 8.24. The van der Waals surface area contributed by atoms with E-state index in [-0.39, 0.29) is 12.5 Å². The topological polar surface area (TPSA) is 86.1 Å². The summed E-state index contributed by atoms with van der Waals surface area (Å²) in [6.45, 7) is 2.19. The SMILES string of the molecule is C[C@H](NC(=O)c1ccccc1)C(=O)OCc1cn(C[C]2[CH][CH][CH][CH]2)nn1. The summed E-state index contributed by atoms with van der Waals surface area (Å²) >= 11 is 0. The summed E-state index contributed by atoms with van der Waals surface area (Å²) in [5.74, 6) is 0.270. The standard InChI is InChI=1S/C19H19N4O3/c1-14(20-18(24)16-9-3-2-4-10-16)19(25)26-13-17-12-23(22-21-17)11-15-7-5-6-8-15/h2-10,12,14H,11,13H2,1H3,(H,20,24)/t14-/m0/s1. The van der Waals surface area contributed by atoms with Crippen LogP contribution in [-0.2, 0) is 22.7 Å². The highest BCUT2D eigenvalue weighted by Crippen LogP contribution is 2.24. The molecule has 26 heavy (non-hydrogen) atoms. The van der Waals surface area contributed by atoms with Crippen molar-refractivity contribution >= 4 is 11.9 Å². The van der Waals surface area contributed by atoms with Crippen LogP contribution in [-0.4, -0.2) is 32.9 Å². The maximum Gasteiger partial charge on any atom is 0.328 e. The van der Waals surface area contributed by atoms with E-state index in [0.717, 1.165) is 5.92 Å². The zero-order valence-corrected chi connectivity index (χ0v) is 14.3. The van der Waals surface area contributed by atoms with E-state index >= 15 is 0 Å². The molecule has 1 saturated carbocycles. The monoisotopic (exact) mass is 351 g/mol. The van der Waals surface area contributed by atoms with E-state index in [9.17, 15) is 9.59 Å². The van der Waals surface area contributed by atoms with Gasteiger partial charge in [-0.15, -0.1) is 5.10 Å². The van der Waals surface area contributed by atoms with Crippen LogP contribution in [0, 0.1) is 31.6 Å². The number of carbonyl (C=O) groups excluding carboxylic acids is 2. The summed E-state index contributed by atoms with van der Waals surface area (Å²) in [5.41, 5.74) is 1.04. The third-order valence-electron chi connectivity index (χ3n) is 3.76. The molecule has 1 heterocycles. The Hall–Kier alpha value is -2.70. The second kappa shape index (κ2) is 8.60. The lowest BCUT2D eigenvalue weighted by Crippen LogP contribution is -2.39. The van der Waals surface area contributed by atoms with Crippen molar-refractivity contribution < 1.29 is 14.3 Å². The number of nitrogens with one attached hydrogen (secondary N) is 1. The molecule has 1 aromatic heterocycles. The minimum atomic E-state index is -0.762. The van der Waals surface area contributed by atoms with Gasteiger partial charge in [-0.2, -0.15) is 0 Å². The molecule has 1 aliphatic rings. The predicted molar refractivity (Wildman–Crippen MR) is 93.6 cm³/mol. The molecule has 1 aromatic carbocycles. The van der Waals surface area contributed by atoms with Crippen LogP contribution in [0.1, 0.15) is 23.0 Å². The maximum absolute atomic E-state index is 12.1. The Morgan fingerprint density at radius 2 is 1.92 bits per heavy atom. The van der Waals surface area contributed by atoms with Crippen molar-refractivity contribution in [3.8, 4) is 0 Å². The van der Waals surface area contributed by atoms with E-state index in [1.165, 1.54) is 0 Å². The summed E-state index contributed by atoms with van der Waals surface area (Å²) in [6, 6.07) is 7.94. The van der Waals surface area contributed by atoms with Gasteiger partial charge >= 0.3 is 5.97 Å². The van der Waals surface area contributed by atoms with Crippen LogP contribution in [0.4, 0.5) is 0 Å². The molecule has 2 aromatic rings. The number of aromatic nitrogens is 3. The van der Waals surface area contributed by atoms with Gasteiger partial charge in [-0.1, -0.05) is 23.4 Å². The summed E-state index contributed by atoms with van der Waals surface area (Å²) in [5, 5.41) is 10.6. The van der Waals surface area contributed by atoms with E-state index in [1.807, 2.05) is 31.7 Å². The molecule has 1 fully saturated rings. The predicted octanol–water partition coefficient (Wildman–Crippen LogP) is 1.55.